The molecule has 4 rings (SSSR count). The lowest BCUT2D eigenvalue weighted by atomic mass is 9.35. The van der Waals surface area contributed by atoms with E-state index in [1.54, 1.807) is 7.85 Å². The van der Waals surface area contributed by atoms with Crippen LogP contribution in [-0.2, 0) is 33.4 Å². The van der Waals surface area contributed by atoms with E-state index < -0.39 is 5.60 Å². The average molecular weight is 573 g/mol. The van der Waals surface area contributed by atoms with Crippen molar-refractivity contribution < 1.29 is 33.4 Å². The summed E-state index contributed by atoms with van der Waals surface area (Å²) < 4.78 is 18.2. The monoisotopic (exact) mass is 572 g/mol. The number of rotatable bonds is 7. The number of carbonyl (C=O) groups excluding carboxylic acids is 4. The number of esters is 3. The average Bonchev–Trinajstić information content (AvgIpc) is 3.20. The van der Waals surface area contributed by atoms with Crippen LogP contribution in [0.4, 0.5) is 0 Å². The zero-order chi connectivity index (χ0) is 30.8. The van der Waals surface area contributed by atoms with Crippen molar-refractivity contribution in [1.29, 1.82) is 0 Å². The molecule has 4 unspecified atom stereocenters. The van der Waals surface area contributed by atoms with Crippen molar-refractivity contribution in [3.05, 3.63) is 0 Å². The summed E-state index contributed by atoms with van der Waals surface area (Å²) in [6, 6.07) is 0. The summed E-state index contributed by atoms with van der Waals surface area (Å²) >= 11 is 0. The fourth-order valence-electron chi connectivity index (χ4n) is 11.2. The van der Waals surface area contributed by atoms with E-state index in [1.165, 1.54) is 20.8 Å². The van der Waals surface area contributed by atoms with Crippen LogP contribution in [0.3, 0.4) is 0 Å². The minimum absolute atomic E-state index is 0.00360. The Kier molecular flexibility index (Phi) is 8.37. The van der Waals surface area contributed by atoms with Crippen molar-refractivity contribution in [1.82, 2.24) is 0 Å². The topological polar surface area (TPSA) is 96.0 Å². The molecule has 4 saturated carbocycles. The van der Waals surface area contributed by atoms with Crippen molar-refractivity contribution >= 4 is 31.4 Å². The van der Waals surface area contributed by atoms with Gasteiger partial charge in [-0.1, -0.05) is 34.6 Å². The Bertz CT molecular complexity index is 1090. The number of hydrogen-bond acceptors (Lipinski definition) is 7. The lowest BCUT2D eigenvalue weighted by molar-refractivity contribution is -0.253. The highest BCUT2D eigenvalue weighted by Gasteiger charge is 2.72. The van der Waals surface area contributed by atoms with Crippen LogP contribution in [0.2, 0.25) is 0 Å². The molecule has 0 aromatic rings. The van der Waals surface area contributed by atoms with E-state index >= 15 is 0 Å². The molecule has 0 aromatic heterocycles. The second-order valence-electron chi connectivity index (χ2n) is 15.6. The molecule has 4 aliphatic carbocycles. The van der Waals surface area contributed by atoms with Crippen LogP contribution in [0.1, 0.15) is 120 Å². The summed E-state index contributed by atoms with van der Waals surface area (Å²) in [5.74, 6) is -0.118. The molecule has 0 saturated heterocycles. The second kappa shape index (κ2) is 10.7. The molecule has 0 amide bonds. The fourth-order valence-corrected chi connectivity index (χ4v) is 11.2. The van der Waals surface area contributed by atoms with Gasteiger partial charge in [0, 0.05) is 38.0 Å². The van der Waals surface area contributed by atoms with Crippen molar-refractivity contribution in [3.63, 3.8) is 0 Å². The van der Waals surface area contributed by atoms with E-state index in [-0.39, 0.29) is 69.3 Å². The standard InChI is InChI=1S/C33H53BO7/c1-19(35)39-23-18-25-30(6)14-12-26(40-20(2)36)29(4,5)24(30)11-16-31(25,7)32(8)15-10-22(28(23)32)33(9,41-21(3)37)17-13-27(34)38/h22-26,28H,10-18,34H2,1-9H3/t22?,23?,24?,25?,26-,28-,30-,31+,32+,33-/m0/s1. The smallest absolute Gasteiger partial charge is 0.303 e. The number of fused-ring (bicyclic) bond motifs is 5. The molecular weight excluding hydrogens is 519 g/mol. The van der Waals surface area contributed by atoms with Gasteiger partial charge in [-0.15, -0.1) is 0 Å². The predicted molar refractivity (Wildman–Crippen MR) is 158 cm³/mol. The second-order valence-corrected chi connectivity index (χ2v) is 15.6. The highest BCUT2D eigenvalue weighted by Crippen LogP contribution is 2.76. The summed E-state index contributed by atoms with van der Waals surface area (Å²) in [7, 11) is 1.58. The van der Waals surface area contributed by atoms with Gasteiger partial charge < -0.3 is 19.0 Å². The highest BCUT2D eigenvalue weighted by molar-refractivity contribution is 6.57. The van der Waals surface area contributed by atoms with Crippen molar-refractivity contribution in [2.45, 2.75) is 138 Å². The SMILES string of the molecule is BC(=O)CC[C@](C)(OC(C)=O)C1CC[C@]2(C)[C@@H]1C(OC(C)=O)CC1[C@@]3(C)CC[C@H](OC(C)=O)C(C)(C)C3CC[C@]12C. The zero-order valence-electron chi connectivity index (χ0n) is 27.2. The largest absolute Gasteiger partial charge is 0.462 e. The Morgan fingerprint density at radius 3 is 1.98 bits per heavy atom. The van der Waals surface area contributed by atoms with Crippen LogP contribution < -0.4 is 0 Å². The first-order chi connectivity index (χ1) is 18.8. The van der Waals surface area contributed by atoms with Crippen LogP contribution in [0.25, 0.3) is 0 Å². The first-order valence-electron chi connectivity index (χ1n) is 15.9. The third kappa shape index (κ3) is 5.17. The van der Waals surface area contributed by atoms with Gasteiger partial charge in [-0.2, -0.15) is 0 Å². The van der Waals surface area contributed by atoms with Gasteiger partial charge in [0.25, 0.3) is 0 Å². The minimum atomic E-state index is -0.813. The molecule has 0 aromatic carbocycles. The Hall–Kier alpha value is -1.86. The molecule has 0 bridgehead atoms. The first kappa shape index (κ1) is 32.1. The highest BCUT2D eigenvalue weighted by atomic mass is 16.6. The molecule has 4 fully saturated rings. The third-order valence-electron chi connectivity index (χ3n) is 13.1. The van der Waals surface area contributed by atoms with Crippen molar-refractivity contribution in [3.8, 4) is 0 Å². The maximum absolute atomic E-state index is 12.6. The molecule has 7 nitrogen and oxygen atoms in total. The van der Waals surface area contributed by atoms with E-state index in [4.69, 9.17) is 14.2 Å². The van der Waals surface area contributed by atoms with Crippen LogP contribution in [0, 0.1) is 45.3 Å². The van der Waals surface area contributed by atoms with E-state index in [1.807, 2.05) is 6.92 Å². The van der Waals surface area contributed by atoms with Crippen LogP contribution in [0.5, 0.6) is 0 Å². The summed E-state index contributed by atoms with van der Waals surface area (Å²) in [6.45, 7) is 18.3. The van der Waals surface area contributed by atoms with Gasteiger partial charge in [0.05, 0.1) is 5.68 Å². The van der Waals surface area contributed by atoms with Gasteiger partial charge >= 0.3 is 17.9 Å². The normalized spacial score (nSPS) is 42.5. The zero-order valence-corrected chi connectivity index (χ0v) is 27.2. The van der Waals surface area contributed by atoms with E-state index in [9.17, 15) is 19.2 Å². The first-order valence-corrected chi connectivity index (χ1v) is 15.9. The molecule has 0 N–H and O–H groups in total. The molecular formula is C33H53BO7. The molecule has 10 atom stereocenters. The Labute approximate surface area is 248 Å². The molecule has 0 radical (unpaired) electrons. The molecule has 0 heterocycles. The maximum Gasteiger partial charge on any atom is 0.303 e. The number of hydrogen-bond donors (Lipinski definition) is 0. The molecule has 230 valence electrons. The molecule has 41 heavy (non-hydrogen) atoms. The Balaban J connectivity index is 1.77. The Morgan fingerprint density at radius 2 is 1.41 bits per heavy atom. The van der Waals surface area contributed by atoms with E-state index in [2.05, 4.69) is 34.6 Å². The number of ether oxygens (including phenoxy) is 3. The third-order valence-corrected chi connectivity index (χ3v) is 13.1. The molecule has 4 aliphatic rings. The van der Waals surface area contributed by atoms with Crippen molar-refractivity contribution in [2.75, 3.05) is 0 Å². The maximum atomic E-state index is 12.6. The summed E-state index contributed by atoms with van der Waals surface area (Å²) in [4.78, 5) is 49.0. The van der Waals surface area contributed by atoms with Gasteiger partial charge in [0.15, 0.2) is 7.85 Å². The van der Waals surface area contributed by atoms with Crippen LogP contribution in [0.15, 0.2) is 0 Å². The van der Waals surface area contributed by atoms with Crippen LogP contribution in [-0.4, -0.2) is 49.2 Å². The van der Waals surface area contributed by atoms with Gasteiger partial charge in [0.2, 0.25) is 0 Å². The lowest BCUT2D eigenvalue weighted by Gasteiger charge is -2.70. The number of carbonyl (C=O) groups is 4. The van der Waals surface area contributed by atoms with Gasteiger partial charge in [-0.25, -0.2) is 0 Å². The predicted octanol–water partition coefficient (Wildman–Crippen LogP) is 5.41. The molecule has 8 heteroatoms. The molecule has 0 aliphatic heterocycles. The van der Waals surface area contributed by atoms with Crippen molar-refractivity contribution in [2.24, 2.45) is 45.3 Å². The summed E-state index contributed by atoms with van der Waals surface area (Å²) in [5.41, 5.74) is -1.03. The Morgan fingerprint density at radius 1 is 0.805 bits per heavy atom. The van der Waals surface area contributed by atoms with Gasteiger partial charge in [-0.05, 0) is 92.8 Å². The van der Waals surface area contributed by atoms with Gasteiger partial charge in [0.1, 0.15) is 17.8 Å². The van der Waals surface area contributed by atoms with Crippen LogP contribution >= 0.6 is 0 Å². The van der Waals surface area contributed by atoms with Gasteiger partial charge in [-0.3, -0.25) is 14.4 Å². The minimum Gasteiger partial charge on any atom is -0.462 e. The summed E-state index contributed by atoms with van der Waals surface area (Å²) in [5, 5.41) is 0. The fraction of sp³-hybridized carbons (Fsp3) is 0.879. The quantitative estimate of drug-likeness (QED) is 0.229. The molecule has 0 spiro atoms. The summed E-state index contributed by atoms with van der Waals surface area (Å²) in [6.07, 6.45) is 6.95. The lowest BCUT2D eigenvalue weighted by Crippen LogP contribution is -2.67. The van der Waals surface area contributed by atoms with E-state index in [0.29, 0.717) is 24.7 Å². The van der Waals surface area contributed by atoms with E-state index in [0.717, 1.165) is 44.9 Å².